The Kier molecular flexibility index (Phi) is 10.7. The van der Waals surface area contributed by atoms with Crippen LogP contribution < -0.4 is 30.7 Å². The van der Waals surface area contributed by atoms with Crippen LogP contribution in [0.1, 0.15) is 29.8 Å². The lowest BCUT2D eigenvalue weighted by Gasteiger charge is -2.34. The molecule has 16 nitrogen and oxygen atoms in total. The van der Waals surface area contributed by atoms with Gasteiger partial charge in [-0.05, 0) is 37.6 Å². The van der Waals surface area contributed by atoms with E-state index >= 15 is 0 Å². The number of fused-ring (bicyclic) bond motifs is 1. The van der Waals surface area contributed by atoms with Crippen molar-refractivity contribution in [3.05, 3.63) is 36.3 Å². The fourth-order valence-electron chi connectivity index (χ4n) is 4.59. The van der Waals surface area contributed by atoms with Gasteiger partial charge >= 0.3 is 12.1 Å². The van der Waals surface area contributed by atoms with Gasteiger partial charge in [0.25, 0.3) is 5.91 Å². The highest BCUT2D eigenvalue weighted by Gasteiger charge is 2.26. The summed E-state index contributed by atoms with van der Waals surface area (Å²) in [5.41, 5.74) is 5.58. The van der Waals surface area contributed by atoms with Crippen LogP contribution >= 0.6 is 0 Å². The third kappa shape index (κ3) is 8.03. The number of piperazine rings is 1. The van der Waals surface area contributed by atoms with Gasteiger partial charge in [-0.2, -0.15) is 4.98 Å². The Morgan fingerprint density at radius 1 is 1.09 bits per heavy atom. The van der Waals surface area contributed by atoms with E-state index in [1.165, 1.54) is 20.5 Å². The number of amides is 3. The maximum absolute atomic E-state index is 12.8. The Morgan fingerprint density at radius 2 is 1.82 bits per heavy atom. The highest BCUT2D eigenvalue weighted by molar-refractivity contribution is 5.99. The Morgan fingerprint density at radius 3 is 2.45 bits per heavy atom. The molecule has 5 N–H and O–H groups in total. The second-order valence-electron chi connectivity index (χ2n) is 9.82. The summed E-state index contributed by atoms with van der Waals surface area (Å²) in [6.45, 7) is 1.93. The number of furan rings is 1. The van der Waals surface area contributed by atoms with Crippen LogP contribution in [-0.2, 0) is 14.3 Å². The average Bonchev–Trinajstić information content (AvgIpc) is 3.56. The summed E-state index contributed by atoms with van der Waals surface area (Å²) in [4.78, 5) is 60.6. The molecule has 1 atom stereocenters. The van der Waals surface area contributed by atoms with E-state index in [2.05, 4.69) is 15.6 Å². The summed E-state index contributed by atoms with van der Waals surface area (Å²) in [5, 5.41) is 15.2. The van der Waals surface area contributed by atoms with Gasteiger partial charge in [-0.1, -0.05) is 0 Å². The predicted molar refractivity (Wildman–Crippen MR) is 157 cm³/mol. The first-order chi connectivity index (χ1) is 21.2. The van der Waals surface area contributed by atoms with Crippen molar-refractivity contribution in [3.8, 4) is 11.5 Å². The van der Waals surface area contributed by atoms with Crippen molar-refractivity contribution in [1.29, 1.82) is 0 Å². The zero-order valence-corrected chi connectivity index (χ0v) is 24.4. The second kappa shape index (κ2) is 14.9. The fourth-order valence-corrected chi connectivity index (χ4v) is 4.59. The van der Waals surface area contributed by atoms with Crippen LogP contribution in [0.2, 0.25) is 0 Å². The van der Waals surface area contributed by atoms with Crippen molar-refractivity contribution in [3.63, 3.8) is 0 Å². The molecule has 1 saturated heterocycles. The molecule has 0 aliphatic carbocycles. The Balaban J connectivity index is 1.43. The van der Waals surface area contributed by atoms with E-state index in [0.717, 1.165) is 0 Å². The number of aliphatic carboxylic acids is 1. The van der Waals surface area contributed by atoms with Crippen LogP contribution in [0.5, 0.6) is 11.5 Å². The normalized spacial score (nSPS) is 13.8. The maximum atomic E-state index is 12.8. The SMILES string of the molecule is COc1cc2nc(N3CCN(C(=O)c4ccco4)CC3)nc(NC(=O)OCCCNC(CCC(N)=O)C(=O)O)c2cc1OC. The quantitative estimate of drug-likeness (QED) is 0.190. The topological polar surface area (TPSA) is 212 Å². The van der Waals surface area contributed by atoms with Crippen molar-refractivity contribution >= 4 is 46.5 Å². The number of carboxylic acids is 1. The van der Waals surface area contributed by atoms with E-state index < -0.39 is 24.0 Å². The molecule has 0 spiro atoms. The standard InChI is InChI=1S/C28H35N7O9/c1-41-21-15-17-19(16-22(21)42-2)31-27(35-11-9-34(10-12-35)25(37)20-5-3-13-43-20)32-24(17)33-28(40)44-14-4-8-30-18(26(38)39)6-7-23(29)36/h3,5,13,15-16,18,30H,4,6-12,14H2,1-2H3,(H2,29,36)(H,38,39)(H,31,32,33,40). The van der Waals surface area contributed by atoms with Crippen LogP contribution in [0.25, 0.3) is 10.9 Å². The molecule has 3 heterocycles. The van der Waals surface area contributed by atoms with Crippen molar-refractivity contribution in [2.75, 3.05) is 63.8 Å². The molecule has 0 saturated carbocycles. The Labute approximate surface area is 252 Å². The molecule has 1 aliphatic rings. The van der Waals surface area contributed by atoms with Crippen LogP contribution in [-0.4, -0.2) is 103 Å². The molecule has 1 unspecified atom stereocenters. The largest absolute Gasteiger partial charge is 0.493 e. The number of hydrogen-bond donors (Lipinski definition) is 4. The Hall–Kier alpha value is -5.12. The zero-order valence-electron chi connectivity index (χ0n) is 24.4. The number of aromatic nitrogens is 2. The summed E-state index contributed by atoms with van der Waals surface area (Å²) in [6.07, 6.45) is 0.986. The minimum absolute atomic E-state index is 0.0142. The average molecular weight is 614 g/mol. The number of anilines is 2. The van der Waals surface area contributed by atoms with Crippen LogP contribution in [0, 0.1) is 0 Å². The van der Waals surface area contributed by atoms with E-state index in [4.69, 9.17) is 29.3 Å². The Bertz CT molecular complexity index is 1470. The zero-order chi connectivity index (χ0) is 31.6. The van der Waals surface area contributed by atoms with Crippen molar-refractivity contribution in [2.45, 2.75) is 25.3 Å². The van der Waals surface area contributed by atoms with E-state index in [1.807, 2.05) is 4.90 Å². The summed E-state index contributed by atoms with van der Waals surface area (Å²) in [6, 6.07) is 5.66. The number of carbonyl (C=O) groups excluding carboxylic acids is 3. The molecular formula is C28H35N7O9. The molecule has 1 aromatic carbocycles. The number of nitrogens with one attached hydrogen (secondary N) is 2. The monoisotopic (exact) mass is 613 g/mol. The number of nitrogens with zero attached hydrogens (tertiary/aromatic N) is 4. The molecule has 4 rings (SSSR count). The first-order valence-electron chi connectivity index (χ1n) is 13.9. The molecule has 16 heteroatoms. The lowest BCUT2D eigenvalue weighted by Crippen LogP contribution is -2.49. The lowest BCUT2D eigenvalue weighted by molar-refractivity contribution is -0.139. The number of methoxy groups -OCH3 is 2. The summed E-state index contributed by atoms with van der Waals surface area (Å²) >= 11 is 0. The first kappa shape index (κ1) is 31.8. The highest BCUT2D eigenvalue weighted by atomic mass is 16.5. The van der Waals surface area contributed by atoms with Crippen molar-refractivity contribution in [1.82, 2.24) is 20.2 Å². The number of hydrogen-bond acceptors (Lipinski definition) is 12. The van der Waals surface area contributed by atoms with Crippen LogP contribution in [0.4, 0.5) is 16.6 Å². The van der Waals surface area contributed by atoms with E-state index in [0.29, 0.717) is 61.0 Å². The molecular weight excluding hydrogens is 578 g/mol. The van der Waals surface area contributed by atoms with Gasteiger partial charge in [0.2, 0.25) is 11.9 Å². The molecule has 44 heavy (non-hydrogen) atoms. The number of rotatable bonds is 14. The minimum atomic E-state index is -1.10. The van der Waals surface area contributed by atoms with Crippen LogP contribution in [0.3, 0.4) is 0 Å². The van der Waals surface area contributed by atoms with Crippen molar-refractivity contribution < 1.29 is 42.9 Å². The van der Waals surface area contributed by atoms with E-state index in [9.17, 15) is 24.3 Å². The minimum Gasteiger partial charge on any atom is -0.493 e. The number of primary amides is 1. The molecule has 1 aliphatic heterocycles. The number of benzene rings is 1. The van der Waals surface area contributed by atoms with Gasteiger partial charge in [0.05, 0.1) is 32.6 Å². The molecule has 0 bridgehead atoms. The van der Waals surface area contributed by atoms with Crippen molar-refractivity contribution in [2.24, 2.45) is 5.73 Å². The highest BCUT2D eigenvalue weighted by Crippen LogP contribution is 2.35. The second-order valence-corrected chi connectivity index (χ2v) is 9.82. The van der Waals surface area contributed by atoms with Gasteiger partial charge < -0.3 is 44.6 Å². The van der Waals surface area contributed by atoms with Gasteiger partial charge in [0.1, 0.15) is 11.9 Å². The smallest absolute Gasteiger partial charge is 0.412 e. The van der Waals surface area contributed by atoms with Gasteiger partial charge in [0.15, 0.2) is 17.3 Å². The fraction of sp³-hybridized carbons (Fsp3) is 0.429. The summed E-state index contributed by atoms with van der Waals surface area (Å²) < 4.78 is 21.4. The van der Waals surface area contributed by atoms with Crippen LogP contribution in [0.15, 0.2) is 34.9 Å². The maximum Gasteiger partial charge on any atom is 0.412 e. The summed E-state index contributed by atoms with van der Waals surface area (Å²) in [5.74, 6) is -0.248. The van der Waals surface area contributed by atoms with Gasteiger partial charge in [-0.25, -0.2) is 9.78 Å². The molecule has 0 radical (unpaired) electrons. The molecule has 2 aromatic heterocycles. The van der Waals surface area contributed by atoms with E-state index in [-0.39, 0.29) is 43.5 Å². The first-order valence-corrected chi connectivity index (χ1v) is 13.9. The van der Waals surface area contributed by atoms with Gasteiger partial charge in [-0.15, -0.1) is 0 Å². The third-order valence-corrected chi connectivity index (χ3v) is 6.91. The van der Waals surface area contributed by atoms with E-state index in [1.54, 1.807) is 29.2 Å². The molecule has 3 amide bonds. The third-order valence-electron chi connectivity index (χ3n) is 6.91. The number of ether oxygens (including phenoxy) is 3. The molecule has 236 valence electrons. The lowest BCUT2D eigenvalue weighted by atomic mass is 10.1. The number of carbonyl (C=O) groups is 4. The van der Waals surface area contributed by atoms with Gasteiger partial charge in [-0.3, -0.25) is 19.7 Å². The van der Waals surface area contributed by atoms with Gasteiger partial charge in [0, 0.05) is 44.1 Å². The number of nitrogens with two attached hydrogens (primary N) is 1. The number of carboxylic acid groups (broad SMARTS) is 1. The summed E-state index contributed by atoms with van der Waals surface area (Å²) in [7, 11) is 2.99. The predicted octanol–water partition coefficient (Wildman–Crippen LogP) is 1.45. The molecule has 1 fully saturated rings. The molecule has 3 aromatic rings.